The van der Waals surface area contributed by atoms with E-state index < -0.39 is 6.03 Å². The van der Waals surface area contributed by atoms with Crippen LogP contribution in [-0.4, -0.2) is 78.2 Å². The number of halogens is 1. The van der Waals surface area contributed by atoms with Crippen molar-refractivity contribution in [3.05, 3.63) is 87.6 Å². The Bertz CT molecular complexity index is 1410. The van der Waals surface area contributed by atoms with Gasteiger partial charge in [0.15, 0.2) is 0 Å². The van der Waals surface area contributed by atoms with Gasteiger partial charge in [0, 0.05) is 72.9 Å². The Kier molecular flexibility index (Phi) is 10.1. The minimum atomic E-state index is -0.449. The number of nitrogens with zero attached hydrogens (tertiary/aromatic N) is 3. The monoisotopic (exact) mass is 560 g/mol. The number of urea groups is 1. The molecule has 0 bridgehead atoms. The SMILES string of the molecule is Cc1ccc(C(=O)Nc2ccc(CN3CCN(C)CC3)c(Cl)c2)cc1C#Cc1ccc(NC(=O)NCCO)nc1. The summed E-state index contributed by atoms with van der Waals surface area (Å²) in [6, 6.07) is 14.0. The fraction of sp³-hybridized carbons (Fsp3) is 0.300. The van der Waals surface area contributed by atoms with E-state index >= 15 is 0 Å². The zero-order valence-corrected chi connectivity index (χ0v) is 23.4. The predicted octanol–water partition coefficient (Wildman–Crippen LogP) is 3.56. The molecule has 0 spiro atoms. The third kappa shape index (κ3) is 8.28. The van der Waals surface area contributed by atoms with Crippen LogP contribution in [-0.2, 0) is 6.54 Å². The topological polar surface area (TPSA) is 110 Å². The minimum Gasteiger partial charge on any atom is -0.395 e. The molecule has 0 saturated carbocycles. The maximum atomic E-state index is 13.0. The molecule has 9 nitrogen and oxygen atoms in total. The number of aliphatic hydroxyl groups excluding tert-OH is 1. The number of carbonyl (C=O) groups excluding carboxylic acids is 2. The van der Waals surface area contributed by atoms with E-state index in [0.29, 0.717) is 27.7 Å². The summed E-state index contributed by atoms with van der Waals surface area (Å²) in [4.78, 5) is 33.6. The van der Waals surface area contributed by atoms with Crippen LogP contribution < -0.4 is 16.0 Å². The number of pyridine rings is 1. The number of aromatic nitrogens is 1. The Morgan fingerprint density at radius 3 is 2.52 bits per heavy atom. The lowest BCUT2D eigenvalue weighted by molar-refractivity contribution is 0.102. The second-order valence-corrected chi connectivity index (χ2v) is 10.1. The molecule has 4 N–H and O–H groups in total. The molecule has 40 heavy (non-hydrogen) atoms. The van der Waals surface area contributed by atoms with E-state index in [2.05, 4.69) is 49.6 Å². The summed E-state index contributed by atoms with van der Waals surface area (Å²) in [7, 11) is 2.13. The van der Waals surface area contributed by atoms with Crippen LogP contribution >= 0.6 is 11.6 Å². The van der Waals surface area contributed by atoms with Gasteiger partial charge in [-0.25, -0.2) is 9.78 Å². The van der Waals surface area contributed by atoms with Crippen molar-refractivity contribution in [1.29, 1.82) is 0 Å². The molecular formula is C30H33ClN6O3. The van der Waals surface area contributed by atoms with Gasteiger partial charge in [-0.05, 0) is 61.5 Å². The van der Waals surface area contributed by atoms with E-state index in [1.165, 1.54) is 0 Å². The third-order valence-electron chi connectivity index (χ3n) is 6.54. The molecule has 1 aliphatic heterocycles. The van der Waals surface area contributed by atoms with Crippen LogP contribution in [0.5, 0.6) is 0 Å². The van der Waals surface area contributed by atoms with Crippen molar-refractivity contribution in [1.82, 2.24) is 20.1 Å². The number of nitrogens with one attached hydrogen (secondary N) is 3. The average molecular weight is 561 g/mol. The van der Waals surface area contributed by atoms with Gasteiger partial charge in [-0.2, -0.15) is 0 Å². The lowest BCUT2D eigenvalue weighted by Crippen LogP contribution is -2.43. The molecule has 1 aliphatic rings. The molecule has 4 rings (SSSR count). The summed E-state index contributed by atoms with van der Waals surface area (Å²) < 4.78 is 0. The van der Waals surface area contributed by atoms with Crippen LogP contribution in [0.2, 0.25) is 5.02 Å². The number of aryl methyl sites for hydroxylation is 1. The van der Waals surface area contributed by atoms with Gasteiger partial charge in [0.1, 0.15) is 5.82 Å². The van der Waals surface area contributed by atoms with Gasteiger partial charge in [-0.15, -0.1) is 0 Å². The van der Waals surface area contributed by atoms with Crippen LogP contribution in [0, 0.1) is 18.8 Å². The zero-order chi connectivity index (χ0) is 28.5. The first-order valence-corrected chi connectivity index (χ1v) is 13.4. The number of carbonyl (C=O) groups is 2. The molecule has 0 aliphatic carbocycles. The molecule has 1 aromatic heterocycles. The van der Waals surface area contributed by atoms with Crippen LogP contribution in [0.25, 0.3) is 0 Å². The van der Waals surface area contributed by atoms with E-state index in [9.17, 15) is 9.59 Å². The van der Waals surface area contributed by atoms with E-state index in [-0.39, 0.29) is 19.1 Å². The van der Waals surface area contributed by atoms with Crippen molar-refractivity contribution in [2.75, 3.05) is 57.0 Å². The Morgan fingerprint density at radius 2 is 1.82 bits per heavy atom. The molecule has 10 heteroatoms. The van der Waals surface area contributed by atoms with Crippen molar-refractivity contribution in [2.45, 2.75) is 13.5 Å². The molecule has 3 amide bonds. The maximum Gasteiger partial charge on any atom is 0.320 e. The van der Waals surface area contributed by atoms with Crippen molar-refractivity contribution >= 4 is 35.0 Å². The van der Waals surface area contributed by atoms with E-state index in [0.717, 1.165) is 49.4 Å². The lowest BCUT2D eigenvalue weighted by atomic mass is 10.0. The summed E-state index contributed by atoms with van der Waals surface area (Å²) in [6.45, 7) is 6.84. The molecule has 208 valence electrons. The van der Waals surface area contributed by atoms with E-state index in [1.807, 2.05) is 25.1 Å². The maximum absolute atomic E-state index is 13.0. The molecule has 2 heterocycles. The number of benzene rings is 2. The number of rotatable bonds is 7. The number of amides is 3. The van der Waals surface area contributed by atoms with Gasteiger partial charge in [0.25, 0.3) is 5.91 Å². The highest BCUT2D eigenvalue weighted by Crippen LogP contribution is 2.23. The number of anilines is 2. The largest absolute Gasteiger partial charge is 0.395 e. The number of piperazine rings is 1. The average Bonchev–Trinajstić information content (AvgIpc) is 2.95. The third-order valence-corrected chi connectivity index (χ3v) is 6.90. The quantitative estimate of drug-likeness (QED) is 0.329. The van der Waals surface area contributed by atoms with Crippen LogP contribution in [0.1, 0.15) is 32.6 Å². The van der Waals surface area contributed by atoms with Crippen LogP contribution in [0.15, 0.2) is 54.7 Å². The Balaban J connectivity index is 1.38. The first kappa shape index (κ1) is 29.1. The summed E-state index contributed by atoms with van der Waals surface area (Å²) in [5.41, 5.74) is 4.47. The van der Waals surface area contributed by atoms with Crippen molar-refractivity contribution in [3.63, 3.8) is 0 Å². The Hall–Kier alpha value is -3.94. The van der Waals surface area contributed by atoms with Crippen molar-refractivity contribution < 1.29 is 14.7 Å². The number of hydrogen-bond acceptors (Lipinski definition) is 6. The highest BCUT2D eigenvalue weighted by molar-refractivity contribution is 6.31. The normalized spacial score (nSPS) is 13.7. The number of hydrogen-bond donors (Lipinski definition) is 4. The molecule has 1 saturated heterocycles. The van der Waals surface area contributed by atoms with Gasteiger partial charge < -0.3 is 20.6 Å². The van der Waals surface area contributed by atoms with E-state index in [1.54, 1.807) is 36.5 Å². The Morgan fingerprint density at radius 1 is 1.02 bits per heavy atom. The predicted molar refractivity (Wildman–Crippen MR) is 158 cm³/mol. The summed E-state index contributed by atoms with van der Waals surface area (Å²) in [6.07, 6.45) is 1.55. The summed E-state index contributed by atoms with van der Waals surface area (Å²) in [5.74, 6) is 6.28. The molecule has 3 aromatic rings. The van der Waals surface area contributed by atoms with Crippen LogP contribution in [0.4, 0.5) is 16.3 Å². The standard InChI is InChI=1S/C30H33ClN6O3/c1-21-3-6-24(17-23(21)7-4-22-5-10-28(33-19-22)35-30(40)32-11-16-38)29(39)34-26-9-8-25(27(31)18-26)20-37-14-12-36(2)13-15-37/h3,5-6,8-10,17-19,38H,11-16,20H2,1-2H3,(H,34,39)(H2,32,33,35,40). The fourth-order valence-corrected chi connectivity index (χ4v) is 4.35. The highest BCUT2D eigenvalue weighted by Gasteiger charge is 2.16. The van der Waals surface area contributed by atoms with Crippen molar-refractivity contribution in [3.8, 4) is 11.8 Å². The smallest absolute Gasteiger partial charge is 0.320 e. The van der Waals surface area contributed by atoms with Gasteiger partial charge in [0.05, 0.1) is 6.61 Å². The Labute approximate surface area is 239 Å². The first-order chi connectivity index (χ1) is 19.3. The van der Waals surface area contributed by atoms with Gasteiger partial charge in [-0.3, -0.25) is 15.0 Å². The van der Waals surface area contributed by atoms with Gasteiger partial charge in [0.2, 0.25) is 0 Å². The second kappa shape index (κ2) is 13.9. The number of likely N-dealkylation sites (N-methyl/N-ethyl adjacent to an activating group) is 1. The second-order valence-electron chi connectivity index (χ2n) is 9.66. The van der Waals surface area contributed by atoms with E-state index in [4.69, 9.17) is 16.7 Å². The molecular weight excluding hydrogens is 528 g/mol. The minimum absolute atomic E-state index is 0.142. The van der Waals surface area contributed by atoms with Crippen LogP contribution in [0.3, 0.4) is 0 Å². The molecule has 1 fully saturated rings. The lowest BCUT2D eigenvalue weighted by Gasteiger charge is -2.32. The fourth-order valence-electron chi connectivity index (χ4n) is 4.11. The van der Waals surface area contributed by atoms with Gasteiger partial charge in [-0.1, -0.05) is 35.6 Å². The molecule has 2 aromatic carbocycles. The summed E-state index contributed by atoms with van der Waals surface area (Å²) >= 11 is 6.56. The highest BCUT2D eigenvalue weighted by atomic mass is 35.5. The molecule has 0 unspecified atom stereocenters. The first-order valence-electron chi connectivity index (χ1n) is 13.1. The molecule has 0 atom stereocenters. The summed E-state index contributed by atoms with van der Waals surface area (Å²) in [5, 5.41) is 17.4. The van der Waals surface area contributed by atoms with Gasteiger partial charge >= 0.3 is 6.03 Å². The van der Waals surface area contributed by atoms with Crippen molar-refractivity contribution in [2.24, 2.45) is 0 Å². The molecule has 0 radical (unpaired) electrons. The number of aliphatic hydroxyl groups is 1. The zero-order valence-electron chi connectivity index (χ0n) is 22.6.